The van der Waals surface area contributed by atoms with Crippen molar-refractivity contribution in [2.45, 2.75) is 24.8 Å². The van der Waals surface area contributed by atoms with Gasteiger partial charge in [-0.3, -0.25) is 4.79 Å². The fourth-order valence-electron chi connectivity index (χ4n) is 2.42. The van der Waals surface area contributed by atoms with Crippen LogP contribution in [0.25, 0.3) is 0 Å². The maximum absolute atomic E-state index is 12.7. The zero-order chi connectivity index (χ0) is 19.3. The number of methoxy groups -OCH3 is 2. The Morgan fingerprint density at radius 2 is 1.85 bits per heavy atom. The predicted octanol–water partition coefficient (Wildman–Crippen LogP) is 2.96. The van der Waals surface area contributed by atoms with Gasteiger partial charge in [-0.25, -0.2) is 13.1 Å². The van der Waals surface area contributed by atoms with Gasteiger partial charge in [-0.2, -0.15) is 0 Å². The Morgan fingerprint density at radius 1 is 1.12 bits per heavy atom. The molecule has 0 saturated carbocycles. The number of benzene rings is 2. The average Bonchev–Trinajstić information content (AvgIpc) is 2.60. The SMILES string of the molecule is COC(=O)Cc1cc(Br)ccc1S(=O)(=O)NCc1ccc(OC)cc1C. The molecule has 0 saturated heterocycles. The fraction of sp³-hybridized carbons (Fsp3) is 0.278. The van der Waals surface area contributed by atoms with Crippen molar-refractivity contribution in [3.63, 3.8) is 0 Å². The molecule has 0 fully saturated rings. The van der Waals surface area contributed by atoms with Crippen molar-refractivity contribution in [1.29, 1.82) is 0 Å². The first-order chi connectivity index (χ1) is 12.3. The van der Waals surface area contributed by atoms with Crippen molar-refractivity contribution in [2.75, 3.05) is 14.2 Å². The lowest BCUT2D eigenvalue weighted by molar-refractivity contribution is -0.139. The van der Waals surface area contributed by atoms with E-state index in [0.29, 0.717) is 15.8 Å². The van der Waals surface area contributed by atoms with Crippen molar-refractivity contribution in [3.8, 4) is 5.75 Å². The van der Waals surface area contributed by atoms with Crippen LogP contribution in [0.5, 0.6) is 5.75 Å². The van der Waals surface area contributed by atoms with Crippen molar-refractivity contribution in [2.24, 2.45) is 0 Å². The zero-order valence-corrected chi connectivity index (χ0v) is 17.1. The van der Waals surface area contributed by atoms with E-state index in [9.17, 15) is 13.2 Å². The summed E-state index contributed by atoms with van der Waals surface area (Å²) in [7, 11) is -0.962. The lowest BCUT2D eigenvalue weighted by Crippen LogP contribution is -2.25. The summed E-state index contributed by atoms with van der Waals surface area (Å²) in [5.74, 6) is 0.202. The molecule has 0 aliphatic heterocycles. The molecule has 1 N–H and O–H groups in total. The van der Waals surface area contributed by atoms with Crippen LogP contribution >= 0.6 is 15.9 Å². The van der Waals surface area contributed by atoms with Crippen LogP contribution < -0.4 is 9.46 Å². The van der Waals surface area contributed by atoms with E-state index < -0.39 is 16.0 Å². The largest absolute Gasteiger partial charge is 0.497 e. The second-order valence-corrected chi connectivity index (χ2v) is 8.27. The van der Waals surface area contributed by atoms with Gasteiger partial charge in [-0.05, 0) is 53.9 Å². The number of esters is 1. The third-order valence-corrected chi connectivity index (χ3v) is 5.87. The van der Waals surface area contributed by atoms with Crippen LogP contribution in [-0.4, -0.2) is 28.6 Å². The molecule has 0 bridgehead atoms. The Bertz CT molecular complexity index is 912. The standard InChI is InChI=1S/C18H20BrNO5S/c1-12-8-16(24-2)6-4-13(12)11-20-26(22,23)17-7-5-15(19)9-14(17)10-18(21)25-3/h4-9,20H,10-11H2,1-3H3. The molecule has 0 aliphatic rings. The first-order valence-electron chi connectivity index (χ1n) is 7.75. The smallest absolute Gasteiger partial charge is 0.310 e. The molecular formula is C18H20BrNO5S. The molecule has 2 rings (SSSR count). The van der Waals surface area contributed by atoms with Gasteiger partial charge in [0.1, 0.15) is 5.75 Å². The molecule has 2 aromatic carbocycles. The van der Waals surface area contributed by atoms with Crippen LogP contribution in [0.15, 0.2) is 45.8 Å². The molecule has 0 unspecified atom stereocenters. The molecule has 0 atom stereocenters. The molecule has 8 heteroatoms. The Morgan fingerprint density at radius 3 is 2.46 bits per heavy atom. The molecule has 0 aliphatic carbocycles. The van der Waals surface area contributed by atoms with Crippen molar-refractivity contribution < 1.29 is 22.7 Å². The Labute approximate surface area is 161 Å². The van der Waals surface area contributed by atoms with Crippen LogP contribution in [0, 0.1) is 6.92 Å². The quantitative estimate of drug-likeness (QED) is 0.667. The number of rotatable bonds is 7. The molecule has 0 spiro atoms. The third-order valence-electron chi connectivity index (χ3n) is 3.88. The monoisotopic (exact) mass is 441 g/mol. The minimum atomic E-state index is -3.80. The second-order valence-electron chi connectivity index (χ2n) is 5.62. The molecule has 140 valence electrons. The minimum absolute atomic E-state index is 0.0530. The number of ether oxygens (including phenoxy) is 2. The van der Waals surface area contributed by atoms with E-state index in [1.807, 2.05) is 19.1 Å². The molecule has 2 aromatic rings. The lowest BCUT2D eigenvalue weighted by Gasteiger charge is -2.13. The average molecular weight is 442 g/mol. The van der Waals surface area contributed by atoms with Gasteiger partial charge < -0.3 is 9.47 Å². The van der Waals surface area contributed by atoms with Gasteiger partial charge in [-0.1, -0.05) is 22.0 Å². The number of nitrogens with one attached hydrogen (secondary N) is 1. The topological polar surface area (TPSA) is 81.7 Å². The van der Waals surface area contributed by atoms with E-state index in [1.165, 1.54) is 13.2 Å². The van der Waals surface area contributed by atoms with Crippen molar-refractivity contribution in [1.82, 2.24) is 4.72 Å². The second kappa shape index (κ2) is 8.66. The van der Waals surface area contributed by atoms with E-state index in [1.54, 1.807) is 25.3 Å². The number of sulfonamides is 1. The van der Waals surface area contributed by atoms with Gasteiger partial charge in [0.25, 0.3) is 0 Å². The molecule has 0 aromatic heterocycles. The Hall–Kier alpha value is -1.90. The van der Waals surface area contributed by atoms with Crippen molar-refractivity contribution in [3.05, 3.63) is 57.6 Å². The Balaban J connectivity index is 2.26. The highest BCUT2D eigenvalue weighted by Crippen LogP contribution is 2.23. The highest BCUT2D eigenvalue weighted by atomic mass is 79.9. The summed E-state index contributed by atoms with van der Waals surface area (Å²) in [6.07, 6.45) is -0.131. The maximum Gasteiger partial charge on any atom is 0.310 e. The summed E-state index contributed by atoms with van der Waals surface area (Å²) in [6, 6.07) is 10.1. The summed E-state index contributed by atoms with van der Waals surface area (Å²) in [6.45, 7) is 2.01. The number of carbonyl (C=O) groups is 1. The van der Waals surface area contributed by atoms with Crippen LogP contribution in [0.1, 0.15) is 16.7 Å². The highest BCUT2D eigenvalue weighted by molar-refractivity contribution is 9.10. The molecule has 26 heavy (non-hydrogen) atoms. The first-order valence-corrected chi connectivity index (χ1v) is 10.0. The van der Waals surface area contributed by atoms with Gasteiger partial charge in [0.05, 0.1) is 25.5 Å². The Kier molecular flexibility index (Phi) is 6.80. The normalized spacial score (nSPS) is 11.2. The summed E-state index contributed by atoms with van der Waals surface area (Å²) < 4.78 is 38.5. The molecule has 0 heterocycles. The van der Waals surface area contributed by atoms with Gasteiger partial charge in [0.2, 0.25) is 10.0 Å². The predicted molar refractivity (Wildman–Crippen MR) is 102 cm³/mol. The molecule has 6 nitrogen and oxygen atoms in total. The van der Waals surface area contributed by atoms with Crippen LogP contribution in [0.3, 0.4) is 0 Å². The molecule has 0 radical (unpaired) electrons. The van der Waals surface area contributed by atoms with Crippen LogP contribution in [-0.2, 0) is 32.5 Å². The van der Waals surface area contributed by atoms with Crippen LogP contribution in [0.4, 0.5) is 0 Å². The highest BCUT2D eigenvalue weighted by Gasteiger charge is 2.20. The van der Waals surface area contributed by atoms with E-state index in [2.05, 4.69) is 25.4 Å². The number of hydrogen-bond donors (Lipinski definition) is 1. The summed E-state index contributed by atoms with van der Waals surface area (Å²) in [5.41, 5.74) is 2.11. The van der Waals surface area contributed by atoms with Gasteiger partial charge >= 0.3 is 5.97 Å². The lowest BCUT2D eigenvalue weighted by atomic mass is 10.1. The van der Waals surface area contributed by atoms with E-state index in [4.69, 9.17) is 4.74 Å². The number of hydrogen-bond acceptors (Lipinski definition) is 5. The summed E-state index contributed by atoms with van der Waals surface area (Å²) in [4.78, 5) is 11.6. The van der Waals surface area contributed by atoms with E-state index >= 15 is 0 Å². The third kappa shape index (κ3) is 5.06. The van der Waals surface area contributed by atoms with Gasteiger partial charge in [0, 0.05) is 11.0 Å². The number of carbonyl (C=O) groups excluding carboxylic acids is 1. The van der Waals surface area contributed by atoms with Crippen molar-refractivity contribution >= 4 is 31.9 Å². The molecular weight excluding hydrogens is 422 g/mol. The first kappa shape index (κ1) is 20.4. The van der Waals surface area contributed by atoms with Gasteiger partial charge in [0.15, 0.2) is 0 Å². The fourth-order valence-corrected chi connectivity index (χ4v) is 4.05. The van der Waals surface area contributed by atoms with Crippen LogP contribution in [0.2, 0.25) is 0 Å². The van der Waals surface area contributed by atoms with E-state index in [-0.39, 0.29) is 17.9 Å². The summed E-state index contributed by atoms with van der Waals surface area (Å²) >= 11 is 3.29. The summed E-state index contributed by atoms with van der Waals surface area (Å²) in [5, 5.41) is 0. The van der Waals surface area contributed by atoms with Gasteiger partial charge in [-0.15, -0.1) is 0 Å². The zero-order valence-electron chi connectivity index (χ0n) is 14.7. The molecule has 0 amide bonds. The number of halogens is 1. The number of aryl methyl sites for hydroxylation is 1. The maximum atomic E-state index is 12.7. The van der Waals surface area contributed by atoms with E-state index in [0.717, 1.165) is 11.1 Å². The minimum Gasteiger partial charge on any atom is -0.497 e.